The van der Waals surface area contributed by atoms with Crippen molar-refractivity contribution in [2.45, 2.75) is 262 Å². The Morgan fingerprint density at radius 1 is 0.571 bits per heavy atom. The van der Waals surface area contributed by atoms with E-state index in [9.17, 15) is 35.1 Å². The summed E-state index contributed by atoms with van der Waals surface area (Å²) in [5.41, 5.74) is 0. The van der Waals surface area contributed by atoms with Gasteiger partial charge < -0.3 is 45.1 Å². The summed E-state index contributed by atoms with van der Waals surface area (Å²) in [6, 6.07) is -1.05. The van der Waals surface area contributed by atoms with Crippen molar-refractivity contribution in [3.8, 4) is 0 Å². The number of unbranched alkanes of at least 4 members (excludes halogenated alkanes) is 24. The highest BCUT2D eigenvalue weighted by Gasteiger charge is 2.47. The molecule has 402 valence electrons. The van der Waals surface area contributed by atoms with Crippen molar-refractivity contribution >= 4 is 11.9 Å². The molecule has 0 aromatic heterocycles. The lowest BCUT2D eigenvalue weighted by Crippen LogP contribution is -2.61. The molecular formula is C59H101NO10. The van der Waals surface area contributed by atoms with Crippen LogP contribution in [0.25, 0.3) is 0 Å². The van der Waals surface area contributed by atoms with Gasteiger partial charge in [-0.15, -0.1) is 0 Å². The average molecular weight is 984 g/mol. The van der Waals surface area contributed by atoms with Gasteiger partial charge in [0, 0.05) is 6.42 Å². The molecule has 1 fully saturated rings. The third kappa shape index (κ3) is 35.0. The number of nitrogens with one attached hydrogen (secondary N) is 1. The molecule has 11 nitrogen and oxygen atoms in total. The maximum absolute atomic E-state index is 13.3. The molecule has 1 aliphatic heterocycles. The maximum atomic E-state index is 13.3. The van der Waals surface area contributed by atoms with Gasteiger partial charge in [0.05, 0.1) is 25.4 Å². The number of carbonyl (C=O) groups excluding carboxylic acids is 2. The number of hydrogen-bond donors (Lipinski definition) is 6. The van der Waals surface area contributed by atoms with Gasteiger partial charge in [-0.05, 0) is 44.9 Å². The highest BCUT2D eigenvalue weighted by molar-refractivity contribution is 5.80. The average Bonchev–Trinajstić information content (AvgIpc) is 3.36. The zero-order valence-corrected chi connectivity index (χ0v) is 44.1. The Hall–Kier alpha value is -3.16. The SMILES string of the molecule is CC\C=C/C=C/C=C/C=C\C=C\C=C\CCCCC(O)C(=O)NC(COC1OC(CO)C(O)C(O)C1OC(=O)CCCCCCCCCCCCCCC)C(O)/C=C/CCCCCCCCCCCC. The minimum Gasteiger partial charge on any atom is -0.454 e. The number of carbonyl (C=O) groups is 2. The van der Waals surface area contributed by atoms with Crippen molar-refractivity contribution in [1.29, 1.82) is 0 Å². The van der Waals surface area contributed by atoms with Gasteiger partial charge in [-0.1, -0.05) is 247 Å². The van der Waals surface area contributed by atoms with Gasteiger partial charge in [-0.25, -0.2) is 0 Å². The smallest absolute Gasteiger partial charge is 0.306 e. The fourth-order valence-corrected chi connectivity index (χ4v) is 8.27. The van der Waals surface area contributed by atoms with Crippen LogP contribution in [0.15, 0.2) is 85.1 Å². The molecule has 1 aliphatic rings. The highest BCUT2D eigenvalue weighted by atomic mass is 16.7. The lowest BCUT2D eigenvalue weighted by atomic mass is 9.99. The van der Waals surface area contributed by atoms with Crippen LogP contribution in [-0.4, -0.2) is 99.6 Å². The van der Waals surface area contributed by atoms with Gasteiger partial charge in [0.15, 0.2) is 12.4 Å². The second kappa shape index (κ2) is 46.9. The van der Waals surface area contributed by atoms with Crippen LogP contribution < -0.4 is 5.32 Å². The first kappa shape index (κ1) is 64.9. The van der Waals surface area contributed by atoms with Gasteiger partial charge in [0.1, 0.15) is 24.4 Å². The molecule has 0 bridgehead atoms. The monoisotopic (exact) mass is 984 g/mol. The summed E-state index contributed by atoms with van der Waals surface area (Å²) in [6.07, 6.45) is 49.1. The van der Waals surface area contributed by atoms with E-state index in [0.29, 0.717) is 12.8 Å². The van der Waals surface area contributed by atoms with Gasteiger partial charge >= 0.3 is 5.97 Å². The molecule has 8 atom stereocenters. The molecule has 1 amide bonds. The molecule has 0 spiro atoms. The van der Waals surface area contributed by atoms with E-state index in [0.717, 1.165) is 64.2 Å². The van der Waals surface area contributed by atoms with Crippen molar-refractivity contribution in [2.24, 2.45) is 0 Å². The molecule has 0 aromatic carbocycles. The van der Waals surface area contributed by atoms with Crippen LogP contribution in [0.2, 0.25) is 0 Å². The number of esters is 1. The summed E-state index contributed by atoms with van der Waals surface area (Å²) in [5, 5.41) is 56.7. The Bertz CT molecular complexity index is 1460. The van der Waals surface area contributed by atoms with E-state index >= 15 is 0 Å². The van der Waals surface area contributed by atoms with Crippen molar-refractivity contribution in [1.82, 2.24) is 5.32 Å². The Morgan fingerprint density at radius 3 is 1.54 bits per heavy atom. The minimum absolute atomic E-state index is 0.117. The van der Waals surface area contributed by atoms with Crippen molar-refractivity contribution in [3.05, 3.63) is 85.1 Å². The van der Waals surface area contributed by atoms with Gasteiger partial charge in [-0.2, -0.15) is 0 Å². The van der Waals surface area contributed by atoms with Crippen LogP contribution in [0.3, 0.4) is 0 Å². The molecule has 8 unspecified atom stereocenters. The van der Waals surface area contributed by atoms with E-state index in [1.807, 2.05) is 72.9 Å². The van der Waals surface area contributed by atoms with Crippen molar-refractivity contribution < 1.29 is 49.3 Å². The number of rotatable bonds is 45. The van der Waals surface area contributed by atoms with Crippen molar-refractivity contribution in [2.75, 3.05) is 13.2 Å². The van der Waals surface area contributed by atoms with Crippen LogP contribution in [0, 0.1) is 0 Å². The third-order valence-corrected chi connectivity index (χ3v) is 12.7. The van der Waals surface area contributed by atoms with Gasteiger partial charge in [-0.3, -0.25) is 9.59 Å². The first-order chi connectivity index (χ1) is 34.2. The Balaban J connectivity index is 2.80. The highest BCUT2D eigenvalue weighted by Crippen LogP contribution is 2.26. The molecular weight excluding hydrogens is 883 g/mol. The van der Waals surface area contributed by atoms with E-state index < -0.39 is 67.4 Å². The van der Waals surface area contributed by atoms with Gasteiger partial charge in [0.2, 0.25) is 5.91 Å². The van der Waals surface area contributed by atoms with Crippen LogP contribution in [0.4, 0.5) is 0 Å². The predicted molar refractivity (Wildman–Crippen MR) is 287 cm³/mol. The second-order valence-corrected chi connectivity index (χ2v) is 19.1. The standard InChI is InChI=1S/C59H101NO10/c1-4-7-10-13-16-19-22-25-26-27-29-31-34-37-40-43-46-52(63)58(67)60-50(51(62)45-42-39-36-33-30-24-21-18-15-12-9-6-3)49-68-59-57(56(66)55(65)53(48-61)69-59)70-54(64)47-44-41-38-35-32-28-23-20-17-14-11-8-5-2/h7,10,13,16,19,22,25-27,29,31,34,42,45,50-53,55-57,59,61-63,65-66H,4-6,8-9,11-12,14-15,17-18,20-21,23-24,28,30,32-33,35-41,43-44,46-49H2,1-3H3,(H,60,67)/b10-7-,16-13+,22-19+,26-25-,29-27+,34-31+,45-42+. The Kier molecular flexibility index (Phi) is 43.4. The van der Waals surface area contributed by atoms with E-state index in [4.69, 9.17) is 14.2 Å². The third-order valence-electron chi connectivity index (χ3n) is 12.7. The number of aliphatic hydroxyl groups excluding tert-OH is 5. The molecule has 1 rings (SSSR count). The normalized spacial score (nSPS) is 20.4. The zero-order chi connectivity index (χ0) is 51.1. The molecule has 1 heterocycles. The largest absolute Gasteiger partial charge is 0.454 e. The minimum atomic E-state index is -1.62. The molecule has 0 aliphatic carbocycles. The van der Waals surface area contributed by atoms with Crippen LogP contribution in [0.1, 0.15) is 213 Å². The quantitative estimate of drug-likeness (QED) is 0.0149. The fourth-order valence-electron chi connectivity index (χ4n) is 8.27. The van der Waals surface area contributed by atoms with Crippen LogP contribution in [0.5, 0.6) is 0 Å². The number of hydrogen-bond acceptors (Lipinski definition) is 10. The van der Waals surface area contributed by atoms with E-state index in [-0.39, 0.29) is 19.4 Å². The van der Waals surface area contributed by atoms with Crippen molar-refractivity contribution in [3.63, 3.8) is 0 Å². The molecule has 11 heteroatoms. The molecule has 0 radical (unpaired) electrons. The first-order valence-corrected chi connectivity index (χ1v) is 27.9. The number of amides is 1. The Morgan fingerprint density at radius 2 is 1.03 bits per heavy atom. The zero-order valence-electron chi connectivity index (χ0n) is 44.1. The fraction of sp³-hybridized carbons (Fsp3) is 0.729. The molecule has 0 saturated carbocycles. The molecule has 1 saturated heterocycles. The summed E-state index contributed by atoms with van der Waals surface area (Å²) < 4.78 is 17.5. The lowest BCUT2D eigenvalue weighted by Gasteiger charge is -2.41. The maximum Gasteiger partial charge on any atom is 0.306 e. The van der Waals surface area contributed by atoms with E-state index in [2.05, 4.69) is 32.2 Å². The summed E-state index contributed by atoms with van der Waals surface area (Å²) in [4.78, 5) is 26.4. The summed E-state index contributed by atoms with van der Waals surface area (Å²) in [6.45, 7) is 5.58. The lowest BCUT2D eigenvalue weighted by molar-refractivity contribution is -0.305. The predicted octanol–water partition coefficient (Wildman–Crippen LogP) is 12.2. The second-order valence-electron chi connectivity index (χ2n) is 19.1. The van der Waals surface area contributed by atoms with Crippen LogP contribution in [-0.2, 0) is 23.8 Å². The van der Waals surface area contributed by atoms with Crippen LogP contribution >= 0.6 is 0 Å². The van der Waals surface area contributed by atoms with E-state index in [1.54, 1.807) is 6.08 Å². The topological polar surface area (TPSA) is 175 Å². The number of aliphatic hydroxyl groups is 5. The molecule has 0 aromatic rings. The number of allylic oxidation sites excluding steroid dienone is 13. The first-order valence-electron chi connectivity index (χ1n) is 27.9. The molecule has 6 N–H and O–H groups in total. The summed E-state index contributed by atoms with van der Waals surface area (Å²) in [5.74, 6) is -1.24. The summed E-state index contributed by atoms with van der Waals surface area (Å²) in [7, 11) is 0. The van der Waals surface area contributed by atoms with Gasteiger partial charge in [0.25, 0.3) is 0 Å². The Labute approximate surface area is 425 Å². The molecule has 70 heavy (non-hydrogen) atoms. The number of ether oxygens (including phenoxy) is 3. The summed E-state index contributed by atoms with van der Waals surface area (Å²) >= 11 is 0. The van der Waals surface area contributed by atoms with E-state index in [1.165, 1.54) is 103 Å².